The lowest BCUT2D eigenvalue weighted by atomic mass is 10.0. The number of benzene rings is 1. The van der Waals surface area contributed by atoms with Crippen LogP contribution in [0.4, 0.5) is 5.82 Å². The number of carbonyl (C=O) groups excluding carboxylic acids is 1. The van der Waals surface area contributed by atoms with E-state index in [0.717, 1.165) is 29.5 Å². The van der Waals surface area contributed by atoms with E-state index >= 15 is 0 Å². The maximum Gasteiger partial charge on any atom is 0.236 e. The number of hydrogen-bond acceptors (Lipinski definition) is 5. The molecule has 2 aromatic heterocycles. The first-order valence-electron chi connectivity index (χ1n) is 11.2. The number of nitrogens with one attached hydrogen (secondary N) is 2. The van der Waals surface area contributed by atoms with Crippen molar-refractivity contribution in [3.05, 3.63) is 47.9 Å². The predicted molar refractivity (Wildman–Crippen MR) is 122 cm³/mol. The molecule has 8 heteroatoms. The molecule has 2 heterocycles. The van der Waals surface area contributed by atoms with Crippen molar-refractivity contribution < 1.29 is 4.79 Å². The van der Waals surface area contributed by atoms with Gasteiger partial charge in [-0.25, -0.2) is 9.67 Å². The molecule has 3 aromatic rings. The molecule has 2 saturated carbocycles. The molecule has 7 nitrogen and oxygen atoms in total. The molecule has 2 fully saturated rings. The lowest BCUT2D eigenvalue weighted by Gasteiger charge is -2.08. The summed E-state index contributed by atoms with van der Waals surface area (Å²) in [5.74, 6) is 3.17. The number of aryl methyl sites for hydroxylation is 1. The quantitative estimate of drug-likeness (QED) is 0.474. The zero-order valence-electron chi connectivity index (χ0n) is 17.6. The van der Waals surface area contributed by atoms with Gasteiger partial charge in [0.05, 0.1) is 17.1 Å². The summed E-state index contributed by atoms with van der Waals surface area (Å²) in [6.45, 7) is 0. The SMILES string of the molecule is O=C(CSc1n[nH]c(CCC2CCCC2)n1)Nc1cc(C2CC2)nn1-c1ccccc1. The number of amides is 1. The highest BCUT2D eigenvalue weighted by atomic mass is 32.2. The molecular formula is C23H28N6OS. The molecule has 0 bridgehead atoms. The maximum atomic E-state index is 12.6. The maximum absolute atomic E-state index is 12.6. The Balaban J connectivity index is 1.17. The van der Waals surface area contributed by atoms with E-state index in [0.29, 0.717) is 16.9 Å². The van der Waals surface area contributed by atoms with E-state index in [1.54, 1.807) is 0 Å². The average Bonchev–Trinajstić information content (AvgIpc) is 3.18. The van der Waals surface area contributed by atoms with Crippen LogP contribution in [0, 0.1) is 5.92 Å². The normalized spacial score (nSPS) is 16.6. The van der Waals surface area contributed by atoms with Crippen LogP contribution in [0.25, 0.3) is 5.69 Å². The van der Waals surface area contributed by atoms with E-state index in [9.17, 15) is 4.79 Å². The average molecular weight is 437 g/mol. The summed E-state index contributed by atoms with van der Waals surface area (Å²) in [5.41, 5.74) is 1.99. The molecule has 5 rings (SSSR count). The Labute approximate surface area is 186 Å². The predicted octanol–water partition coefficient (Wildman–Crippen LogP) is 4.72. The highest BCUT2D eigenvalue weighted by molar-refractivity contribution is 7.99. The zero-order valence-corrected chi connectivity index (χ0v) is 18.4. The Hall–Kier alpha value is -2.61. The van der Waals surface area contributed by atoms with Crippen molar-refractivity contribution in [2.45, 2.75) is 62.4 Å². The molecule has 31 heavy (non-hydrogen) atoms. The van der Waals surface area contributed by atoms with E-state index in [1.807, 2.05) is 41.1 Å². The van der Waals surface area contributed by atoms with Gasteiger partial charge >= 0.3 is 0 Å². The lowest BCUT2D eigenvalue weighted by Crippen LogP contribution is -2.17. The van der Waals surface area contributed by atoms with Gasteiger partial charge in [0.25, 0.3) is 0 Å². The minimum Gasteiger partial charge on any atom is -0.310 e. The van der Waals surface area contributed by atoms with Gasteiger partial charge in [0.15, 0.2) is 0 Å². The van der Waals surface area contributed by atoms with Gasteiger partial charge in [0, 0.05) is 18.4 Å². The standard InChI is InChI=1S/C23H28N6OS/c30-22(15-31-23-24-20(26-27-23)13-10-16-6-4-5-7-16)25-21-14-19(17-11-12-17)28-29(21)18-8-2-1-3-9-18/h1-3,8-9,14,16-17H,4-7,10-13,15H2,(H,25,30)(H,24,26,27). The second-order valence-electron chi connectivity index (χ2n) is 8.57. The van der Waals surface area contributed by atoms with Crippen LogP contribution in [0.1, 0.15) is 62.4 Å². The molecule has 0 saturated heterocycles. The van der Waals surface area contributed by atoms with Gasteiger partial charge in [-0.2, -0.15) is 5.10 Å². The number of rotatable bonds is 9. The Morgan fingerprint density at radius 3 is 2.74 bits per heavy atom. The van der Waals surface area contributed by atoms with Crippen molar-refractivity contribution >= 4 is 23.5 Å². The van der Waals surface area contributed by atoms with Gasteiger partial charge in [-0.3, -0.25) is 9.89 Å². The van der Waals surface area contributed by atoms with Crippen molar-refractivity contribution in [3.63, 3.8) is 0 Å². The number of aromatic amines is 1. The molecule has 162 valence electrons. The first kappa shape index (κ1) is 20.3. The van der Waals surface area contributed by atoms with Crippen LogP contribution in [-0.2, 0) is 11.2 Å². The Kier molecular flexibility index (Phi) is 6.06. The third-order valence-corrected chi connectivity index (χ3v) is 6.95. The van der Waals surface area contributed by atoms with Crippen LogP contribution in [-0.4, -0.2) is 36.6 Å². The van der Waals surface area contributed by atoms with Gasteiger partial charge in [-0.1, -0.05) is 55.6 Å². The molecule has 1 amide bonds. The number of H-pyrrole nitrogens is 1. The second-order valence-corrected chi connectivity index (χ2v) is 9.51. The Morgan fingerprint density at radius 1 is 1.16 bits per heavy atom. The fraction of sp³-hybridized carbons (Fsp3) is 0.478. The summed E-state index contributed by atoms with van der Waals surface area (Å²) in [6.07, 6.45) is 9.87. The topological polar surface area (TPSA) is 88.5 Å². The number of anilines is 1. The largest absolute Gasteiger partial charge is 0.310 e. The van der Waals surface area contributed by atoms with Crippen LogP contribution >= 0.6 is 11.8 Å². The van der Waals surface area contributed by atoms with E-state index in [1.165, 1.54) is 56.7 Å². The van der Waals surface area contributed by atoms with Crippen LogP contribution in [0.3, 0.4) is 0 Å². The van der Waals surface area contributed by atoms with Gasteiger partial charge in [-0.05, 0) is 37.3 Å². The number of para-hydroxylation sites is 1. The van der Waals surface area contributed by atoms with Crippen molar-refractivity contribution in [2.24, 2.45) is 5.92 Å². The van der Waals surface area contributed by atoms with E-state index < -0.39 is 0 Å². The molecular weight excluding hydrogens is 408 g/mol. The van der Waals surface area contributed by atoms with Gasteiger partial charge in [-0.15, -0.1) is 5.10 Å². The van der Waals surface area contributed by atoms with Crippen LogP contribution in [0.5, 0.6) is 0 Å². The fourth-order valence-electron chi connectivity index (χ4n) is 4.24. The van der Waals surface area contributed by atoms with Crippen LogP contribution in [0.2, 0.25) is 0 Å². The van der Waals surface area contributed by atoms with Crippen molar-refractivity contribution in [1.82, 2.24) is 25.0 Å². The molecule has 2 N–H and O–H groups in total. The number of hydrogen-bond donors (Lipinski definition) is 2. The third kappa shape index (κ3) is 5.18. The first-order valence-corrected chi connectivity index (χ1v) is 12.2. The summed E-state index contributed by atoms with van der Waals surface area (Å²) in [7, 11) is 0. The van der Waals surface area contributed by atoms with Gasteiger partial charge in [0.1, 0.15) is 11.6 Å². The molecule has 0 radical (unpaired) electrons. The Bertz CT molecular complexity index is 1020. The second kappa shape index (κ2) is 9.26. The van der Waals surface area contributed by atoms with Crippen molar-refractivity contribution in [1.29, 1.82) is 0 Å². The molecule has 0 spiro atoms. The van der Waals surface area contributed by atoms with E-state index in [4.69, 9.17) is 5.10 Å². The van der Waals surface area contributed by atoms with Crippen LogP contribution < -0.4 is 5.32 Å². The molecule has 0 atom stereocenters. The van der Waals surface area contributed by atoms with Gasteiger partial charge < -0.3 is 5.32 Å². The van der Waals surface area contributed by atoms with E-state index in [2.05, 4.69) is 20.5 Å². The summed E-state index contributed by atoms with van der Waals surface area (Å²) < 4.78 is 1.82. The first-order chi connectivity index (χ1) is 15.2. The summed E-state index contributed by atoms with van der Waals surface area (Å²) in [5, 5.41) is 15.7. The molecule has 2 aliphatic carbocycles. The minimum atomic E-state index is -0.0817. The van der Waals surface area contributed by atoms with Crippen molar-refractivity contribution in [2.75, 3.05) is 11.1 Å². The van der Waals surface area contributed by atoms with Crippen molar-refractivity contribution in [3.8, 4) is 5.69 Å². The highest BCUT2D eigenvalue weighted by Crippen LogP contribution is 2.40. The third-order valence-electron chi connectivity index (χ3n) is 6.10. The molecule has 1 aromatic carbocycles. The number of nitrogens with zero attached hydrogens (tertiary/aromatic N) is 4. The summed E-state index contributed by atoms with van der Waals surface area (Å²) in [4.78, 5) is 17.2. The summed E-state index contributed by atoms with van der Waals surface area (Å²) in [6, 6.07) is 11.9. The minimum absolute atomic E-state index is 0.0817. The Morgan fingerprint density at radius 2 is 1.97 bits per heavy atom. The van der Waals surface area contributed by atoms with Crippen LogP contribution in [0.15, 0.2) is 41.6 Å². The summed E-state index contributed by atoms with van der Waals surface area (Å²) >= 11 is 1.36. The zero-order chi connectivity index (χ0) is 21.0. The lowest BCUT2D eigenvalue weighted by molar-refractivity contribution is -0.113. The van der Waals surface area contributed by atoms with Gasteiger partial charge in [0.2, 0.25) is 11.1 Å². The highest BCUT2D eigenvalue weighted by Gasteiger charge is 2.28. The molecule has 2 aliphatic rings. The number of aromatic nitrogens is 5. The fourth-order valence-corrected chi connectivity index (χ4v) is 4.85. The number of carbonyl (C=O) groups is 1. The molecule has 0 unspecified atom stereocenters. The monoisotopic (exact) mass is 436 g/mol. The number of thioether (sulfide) groups is 1. The smallest absolute Gasteiger partial charge is 0.236 e. The molecule has 0 aliphatic heterocycles. The van der Waals surface area contributed by atoms with E-state index in [-0.39, 0.29) is 11.7 Å².